The van der Waals surface area contributed by atoms with Crippen molar-refractivity contribution in [1.29, 1.82) is 0 Å². The number of aromatic amines is 1. The number of imidazole rings is 1. The monoisotopic (exact) mass is 337 g/mol. The lowest BCUT2D eigenvalue weighted by molar-refractivity contribution is 0.0917. The number of H-pyrrole nitrogens is 1. The van der Waals surface area contributed by atoms with Crippen LogP contribution in [0, 0.1) is 6.92 Å². The average Bonchev–Trinajstić information content (AvgIpc) is 2.95. The maximum atomic E-state index is 12.8. The first kappa shape index (κ1) is 17.1. The Labute approximate surface area is 147 Å². The highest BCUT2D eigenvalue weighted by Crippen LogP contribution is 2.22. The first-order valence-electron chi connectivity index (χ1n) is 8.31. The number of nitrogens with zero attached hydrogens (tertiary/aromatic N) is 3. The molecule has 2 heterocycles. The second-order valence-electron chi connectivity index (χ2n) is 6.46. The van der Waals surface area contributed by atoms with Crippen molar-refractivity contribution in [3.05, 3.63) is 59.5 Å². The minimum absolute atomic E-state index is 0.0721. The number of carbonyl (C=O) groups excluding carboxylic acids is 1. The quantitative estimate of drug-likeness (QED) is 0.751. The summed E-state index contributed by atoms with van der Waals surface area (Å²) in [7, 11) is 4.03. The van der Waals surface area contributed by atoms with Gasteiger partial charge in [-0.05, 0) is 39.6 Å². The number of amides is 1. The SMILES string of the molecule is Cc1nc2nccc(C(=O)NC(C)C(c3ccccc3)N(C)C)c2[nH]1. The van der Waals surface area contributed by atoms with E-state index in [1.807, 2.05) is 46.1 Å². The van der Waals surface area contributed by atoms with Crippen molar-refractivity contribution in [2.24, 2.45) is 0 Å². The Morgan fingerprint density at radius 2 is 1.92 bits per heavy atom. The Bertz CT molecular complexity index is 872. The van der Waals surface area contributed by atoms with E-state index in [0.717, 1.165) is 11.4 Å². The molecule has 2 atom stereocenters. The smallest absolute Gasteiger partial charge is 0.253 e. The van der Waals surface area contributed by atoms with Gasteiger partial charge in [-0.15, -0.1) is 0 Å². The van der Waals surface area contributed by atoms with Crippen LogP contribution in [0.2, 0.25) is 0 Å². The Hall–Kier alpha value is -2.73. The minimum atomic E-state index is -0.133. The standard InChI is InChI=1S/C19H23N5O/c1-12(17(24(3)4)14-8-6-5-7-9-14)21-19(25)15-10-11-20-18-16(15)22-13(2)23-18/h5-12,17H,1-4H3,(H,21,25)(H,20,22,23). The zero-order valence-electron chi connectivity index (χ0n) is 14.9. The van der Waals surface area contributed by atoms with E-state index < -0.39 is 0 Å². The van der Waals surface area contributed by atoms with Crippen molar-refractivity contribution in [1.82, 2.24) is 25.2 Å². The molecular weight excluding hydrogens is 314 g/mol. The molecule has 6 nitrogen and oxygen atoms in total. The van der Waals surface area contributed by atoms with E-state index in [-0.39, 0.29) is 18.0 Å². The van der Waals surface area contributed by atoms with Gasteiger partial charge in [0.15, 0.2) is 5.65 Å². The van der Waals surface area contributed by atoms with Crippen molar-refractivity contribution in [3.8, 4) is 0 Å². The molecule has 2 aromatic heterocycles. The van der Waals surface area contributed by atoms with E-state index >= 15 is 0 Å². The van der Waals surface area contributed by atoms with Crippen molar-refractivity contribution >= 4 is 17.1 Å². The Morgan fingerprint density at radius 3 is 2.60 bits per heavy atom. The van der Waals surface area contributed by atoms with Crippen LogP contribution in [-0.2, 0) is 0 Å². The normalized spacial score (nSPS) is 13.8. The molecule has 1 amide bonds. The van der Waals surface area contributed by atoms with Crippen LogP contribution in [0.15, 0.2) is 42.6 Å². The van der Waals surface area contributed by atoms with E-state index in [4.69, 9.17) is 0 Å². The molecule has 6 heteroatoms. The third-order valence-corrected chi connectivity index (χ3v) is 4.28. The summed E-state index contributed by atoms with van der Waals surface area (Å²) < 4.78 is 0. The van der Waals surface area contributed by atoms with Crippen LogP contribution < -0.4 is 5.32 Å². The number of aryl methyl sites for hydroxylation is 1. The van der Waals surface area contributed by atoms with Crippen LogP contribution in [0.1, 0.15) is 34.7 Å². The van der Waals surface area contributed by atoms with E-state index in [0.29, 0.717) is 16.7 Å². The van der Waals surface area contributed by atoms with Gasteiger partial charge in [-0.3, -0.25) is 4.79 Å². The maximum absolute atomic E-state index is 12.8. The van der Waals surface area contributed by atoms with Gasteiger partial charge in [0.1, 0.15) is 5.82 Å². The number of hydrogen-bond donors (Lipinski definition) is 2. The van der Waals surface area contributed by atoms with E-state index in [9.17, 15) is 4.79 Å². The van der Waals surface area contributed by atoms with Gasteiger partial charge in [0.2, 0.25) is 0 Å². The summed E-state index contributed by atoms with van der Waals surface area (Å²) >= 11 is 0. The second kappa shape index (κ2) is 7.03. The highest BCUT2D eigenvalue weighted by molar-refractivity contribution is 6.04. The molecule has 0 saturated heterocycles. The van der Waals surface area contributed by atoms with Crippen molar-refractivity contribution in [2.45, 2.75) is 25.9 Å². The molecule has 130 valence electrons. The second-order valence-corrected chi connectivity index (χ2v) is 6.46. The van der Waals surface area contributed by atoms with Crippen LogP contribution in [-0.4, -0.2) is 45.9 Å². The summed E-state index contributed by atoms with van der Waals surface area (Å²) in [5.74, 6) is 0.609. The highest BCUT2D eigenvalue weighted by Gasteiger charge is 2.24. The summed E-state index contributed by atoms with van der Waals surface area (Å²) in [6, 6.07) is 11.9. The lowest BCUT2D eigenvalue weighted by Crippen LogP contribution is -2.42. The lowest BCUT2D eigenvalue weighted by Gasteiger charge is -2.31. The van der Waals surface area contributed by atoms with Crippen LogP contribution in [0.4, 0.5) is 0 Å². The van der Waals surface area contributed by atoms with E-state index in [1.54, 1.807) is 12.3 Å². The number of aromatic nitrogens is 3. The number of carbonyl (C=O) groups is 1. The molecule has 0 fully saturated rings. The van der Waals surface area contributed by atoms with E-state index in [1.165, 1.54) is 0 Å². The maximum Gasteiger partial charge on any atom is 0.253 e. The molecule has 0 aliphatic rings. The topological polar surface area (TPSA) is 73.9 Å². The van der Waals surface area contributed by atoms with Gasteiger partial charge in [0, 0.05) is 12.2 Å². The predicted octanol–water partition coefficient (Wildman–Crippen LogP) is 2.69. The van der Waals surface area contributed by atoms with E-state index in [2.05, 4.69) is 37.3 Å². The van der Waals surface area contributed by atoms with Gasteiger partial charge >= 0.3 is 0 Å². The van der Waals surface area contributed by atoms with Gasteiger partial charge in [-0.2, -0.15) is 0 Å². The largest absolute Gasteiger partial charge is 0.348 e. The molecule has 0 aliphatic carbocycles. The molecule has 0 aliphatic heterocycles. The number of rotatable bonds is 5. The summed E-state index contributed by atoms with van der Waals surface area (Å²) in [4.78, 5) is 26.6. The first-order chi connectivity index (χ1) is 12.0. The molecule has 0 spiro atoms. The molecule has 3 aromatic rings. The fraction of sp³-hybridized carbons (Fsp3) is 0.316. The minimum Gasteiger partial charge on any atom is -0.348 e. The highest BCUT2D eigenvalue weighted by atomic mass is 16.1. The van der Waals surface area contributed by atoms with Crippen molar-refractivity contribution in [3.63, 3.8) is 0 Å². The van der Waals surface area contributed by atoms with Crippen molar-refractivity contribution < 1.29 is 4.79 Å². The zero-order valence-corrected chi connectivity index (χ0v) is 14.9. The summed E-state index contributed by atoms with van der Waals surface area (Å²) in [5.41, 5.74) is 2.96. The molecular formula is C19H23N5O. The summed E-state index contributed by atoms with van der Waals surface area (Å²) in [5, 5.41) is 3.12. The van der Waals surface area contributed by atoms with Gasteiger partial charge in [0.05, 0.1) is 17.1 Å². The van der Waals surface area contributed by atoms with Gasteiger partial charge in [-0.1, -0.05) is 30.3 Å². The third kappa shape index (κ3) is 3.53. The number of benzene rings is 1. The Balaban J connectivity index is 1.85. The average molecular weight is 337 g/mol. The number of fused-ring (bicyclic) bond motifs is 1. The Kier molecular flexibility index (Phi) is 4.81. The molecule has 1 aromatic carbocycles. The third-order valence-electron chi connectivity index (χ3n) is 4.28. The number of hydrogen-bond acceptors (Lipinski definition) is 4. The van der Waals surface area contributed by atoms with Gasteiger partial charge in [-0.25, -0.2) is 9.97 Å². The zero-order chi connectivity index (χ0) is 18.0. The van der Waals surface area contributed by atoms with Gasteiger partial charge in [0.25, 0.3) is 5.91 Å². The lowest BCUT2D eigenvalue weighted by atomic mass is 9.99. The molecule has 25 heavy (non-hydrogen) atoms. The molecule has 0 bridgehead atoms. The fourth-order valence-corrected chi connectivity index (χ4v) is 3.26. The molecule has 0 saturated carbocycles. The van der Waals surface area contributed by atoms with Crippen LogP contribution in [0.25, 0.3) is 11.2 Å². The number of nitrogens with one attached hydrogen (secondary N) is 2. The fourth-order valence-electron chi connectivity index (χ4n) is 3.26. The molecule has 0 radical (unpaired) electrons. The van der Waals surface area contributed by atoms with Crippen LogP contribution >= 0.6 is 0 Å². The van der Waals surface area contributed by atoms with Crippen LogP contribution in [0.5, 0.6) is 0 Å². The van der Waals surface area contributed by atoms with Crippen LogP contribution in [0.3, 0.4) is 0 Å². The first-order valence-corrected chi connectivity index (χ1v) is 8.31. The van der Waals surface area contributed by atoms with Crippen molar-refractivity contribution in [2.75, 3.05) is 14.1 Å². The Morgan fingerprint density at radius 1 is 1.20 bits per heavy atom. The summed E-state index contributed by atoms with van der Waals surface area (Å²) in [6.45, 7) is 3.87. The predicted molar refractivity (Wildman–Crippen MR) is 98.4 cm³/mol. The summed E-state index contributed by atoms with van der Waals surface area (Å²) in [6.07, 6.45) is 1.61. The molecule has 2 unspecified atom stereocenters. The van der Waals surface area contributed by atoms with Gasteiger partial charge < -0.3 is 15.2 Å². The molecule has 3 rings (SSSR count). The number of pyridine rings is 1. The number of likely N-dealkylation sites (N-methyl/N-ethyl adjacent to an activating group) is 1. The molecule has 2 N–H and O–H groups in total.